The maximum atomic E-state index is 15.4. The quantitative estimate of drug-likeness (QED) is 0.277. The predicted molar refractivity (Wildman–Crippen MR) is 137 cm³/mol. The van der Waals surface area contributed by atoms with Crippen molar-refractivity contribution < 1.29 is 36.9 Å². The number of rotatable bonds is 8. The summed E-state index contributed by atoms with van der Waals surface area (Å²) in [5.74, 6) is 3.85. The van der Waals surface area contributed by atoms with Crippen molar-refractivity contribution in [2.24, 2.45) is 11.8 Å². The van der Waals surface area contributed by atoms with E-state index in [-0.39, 0.29) is 36.7 Å². The third-order valence-corrected chi connectivity index (χ3v) is 6.91. The van der Waals surface area contributed by atoms with Gasteiger partial charge in [-0.05, 0) is 73.7 Å². The smallest absolute Gasteiger partial charge is 0.497 e. The number of likely N-dealkylation sites (tertiary alicyclic amines) is 1. The van der Waals surface area contributed by atoms with E-state index in [9.17, 15) is 23.1 Å². The van der Waals surface area contributed by atoms with Gasteiger partial charge in [0.05, 0.1) is 30.7 Å². The van der Waals surface area contributed by atoms with E-state index in [4.69, 9.17) is 4.74 Å². The zero-order valence-corrected chi connectivity index (χ0v) is 21.2. The summed E-state index contributed by atoms with van der Waals surface area (Å²) in [5.41, 5.74) is 1.24. The Balaban J connectivity index is 1.38. The van der Waals surface area contributed by atoms with Gasteiger partial charge in [-0.3, -0.25) is 14.7 Å². The number of piperidine rings is 1. The Morgan fingerprint density at radius 3 is 2.77 bits per heavy atom. The van der Waals surface area contributed by atoms with Gasteiger partial charge >= 0.3 is 12.3 Å². The summed E-state index contributed by atoms with van der Waals surface area (Å²) >= 11 is 0. The molecule has 1 aromatic heterocycles. The number of nitrogens with zero attached hydrogens (tertiary/aromatic N) is 2. The van der Waals surface area contributed by atoms with E-state index < -0.39 is 24.4 Å². The first-order chi connectivity index (χ1) is 18.6. The minimum Gasteiger partial charge on any atom is -0.497 e. The number of aromatic nitrogens is 1. The fourth-order valence-corrected chi connectivity index (χ4v) is 4.93. The summed E-state index contributed by atoms with van der Waals surface area (Å²) < 4.78 is 62.6. The van der Waals surface area contributed by atoms with E-state index in [2.05, 4.69) is 21.6 Å². The second-order valence-corrected chi connectivity index (χ2v) is 9.40. The SMILES string of the molecule is COc1ccc2nccc(C(F)CC[C@@H]3CCN(CC#Cc4ccccc4OC(F)(F)F)C[C@@H]3C(=O)O)c2c1. The van der Waals surface area contributed by atoms with Crippen molar-refractivity contribution in [1.82, 2.24) is 9.88 Å². The van der Waals surface area contributed by atoms with E-state index in [1.165, 1.54) is 25.3 Å². The van der Waals surface area contributed by atoms with Crippen LogP contribution in [-0.2, 0) is 4.79 Å². The van der Waals surface area contributed by atoms with Crippen LogP contribution in [0.2, 0.25) is 0 Å². The number of hydrogen-bond acceptors (Lipinski definition) is 5. The third kappa shape index (κ3) is 7.39. The molecular formula is C29H28F4N2O4. The molecule has 6 nitrogen and oxygen atoms in total. The third-order valence-electron chi connectivity index (χ3n) is 6.91. The zero-order valence-electron chi connectivity index (χ0n) is 21.2. The molecule has 206 valence electrons. The first-order valence-corrected chi connectivity index (χ1v) is 12.5. The molecule has 3 aromatic rings. The molecule has 0 radical (unpaired) electrons. The molecule has 0 saturated carbocycles. The Morgan fingerprint density at radius 1 is 1.23 bits per heavy atom. The number of carboxylic acids is 1. The van der Waals surface area contributed by atoms with Crippen LogP contribution < -0.4 is 9.47 Å². The van der Waals surface area contributed by atoms with Crippen molar-refractivity contribution in [3.63, 3.8) is 0 Å². The highest BCUT2D eigenvalue weighted by Gasteiger charge is 2.34. The van der Waals surface area contributed by atoms with E-state index in [0.717, 1.165) is 0 Å². The van der Waals surface area contributed by atoms with Crippen LogP contribution >= 0.6 is 0 Å². The first kappa shape index (κ1) is 28.2. The van der Waals surface area contributed by atoms with Gasteiger partial charge in [0.2, 0.25) is 0 Å². The maximum Gasteiger partial charge on any atom is 0.573 e. The number of methoxy groups -OCH3 is 1. The fraction of sp³-hybridized carbons (Fsp3) is 0.379. The van der Waals surface area contributed by atoms with Gasteiger partial charge in [0, 0.05) is 18.1 Å². The lowest BCUT2D eigenvalue weighted by molar-refractivity contribution is -0.274. The summed E-state index contributed by atoms with van der Waals surface area (Å²) in [4.78, 5) is 18.2. The number of aliphatic carboxylic acids is 1. The molecule has 10 heteroatoms. The van der Waals surface area contributed by atoms with Gasteiger partial charge in [-0.2, -0.15) is 0 Å². The average molecular weight is 545 g/mol. The van der Waals surface area contributed by atoms with Gasteiger partial charge in [-0.25, -0.2) is 4.39 Å². The van der Waals surface area contributed by atoms with Crippen molar-refractivity contribution >= 4 is 16.9 Å². The first-order valence-electron chi connectivity index (χ1n) is 12.5. The number of alkyl halides is 4. The Bertz CT molecular complexity index is 1370. The van der Waals surface area contributed by atoms with Gasteiger partial charge in [-0.15, -0.1) is 13.2 Å². The lowest BCUT2D eigenvalue weighted by Crippen LogP contribution is -2.44. The van der Waals surface area contributed by atoms with Crippen LogP contribution in [0.4, 0.5) is 17.6 Å². The lowest BCUT2D eigenvalue weighted by Gasteiger charge is -2.35. The molecule has 0 amide bonds. The van der Waals surface area contributed by atoms with Gasteiger partial charge < -0.3 is 14.6 Å². The fourth-order valence-electron chi connectivity index (χ4n) is 4.93. The molecule has 0 spiro atoms. The molecular weight excluding hydrogens is 516 g/mol. The van der Waals surface area contributed by atoms with Crippen LogP contribution in [0.1, 0.15) is 36.6 Å². The second kappa shape index (κ2) is 12.3. The van der Waals surface area contributed by atoms with Crippen LogP contribution in [0, 0.1) is 23.7 Å². The van der Waals surface area contributed by atoms with Crippen molar-refractivity contribution in [2.75, 3.05) is 26.7 Å². The largest absolute Gasteiger partial charge is 0.573 e. The van der Waals surface area contributed by atoms with E-state index in [1.54, 1.807) is 36.5 Å². The predicted octanol–water partition coefficient (Wildman–Crippen LogP) is 6.01. The topological polar surface area (TPSA) is 71.9 Å². The molecule has 1 fully saturated rings. The van der Waals surface area contributed by atoms with Gasteiger partial charge in [-0.1, -0.05) is 24.0 Å². The highest BCUT2D eigenvalue weighted by molar-refractivity contribution is 5.83. The van der Waals surface area contributed by atoms with Crippen molar-refractivity contribution in [3.8, 4) is 23.3 Å². The number of halogens is 4. The molecule has 4 rings (SSSR count). The summed E-state index contributed by atoms with van der Waals surface area (Å²) in [6.45, 7) is 0.964. The Hall–Kier alpha value is -3.84. The summed E-state index contributed by atoms with van der Waals surface area (Å²) in [6.07, 6.45) is -3.45. The number of para-hydroxylation sites is 1. The van der Waals surface area contributed by atoms with Crippen LogP contribution in [0.15, 0.2) is 54.7 Å². The molecule has 1 N–H and O–H groups in total. The average Bonchev–Trinajstić information content (AvgIpc) is 2.91. The normalized spacial score (nSPS) is 18.7. The molecule has 1 saturated heterocycles. The zero-order chi connectivity index (χ0) is 28.0. The van der Waals surface area contributed by atoms with E-state index >= 15 is 4.39 Å². The highest BCUT2D eigenvalue weighted by atomic mass is 19.4. The minimum absolute atomic E-state index is 0.0924. The Morgan fingerprint density at radius 2 is 2.03 bits per heavy atom. The van der Waals surface area contributed by atoms with Crippen LogP contribution in [0.5, 0.6) is 11.5 Å². The molecule has 0 bridgehead atoms. The van der Waals surface area contributed by atoms with Gasteiger partial charge in [0.15, 0.2) is 0 Å². The van der Waals surface area contributed by atoms with Gasteiger partial charge in [0.1, 0.15) is 17.7 Å². The van der Waals surface area contributed by atoms with E-state index in [0.29, 0.717) is 41.6 Å². The maximum absolute atomic E-state index is 15.4. The molecule has 1 unspecified atom stereocenters. The number of carbonyl (C=O) groups is 1. The summed E-state index contributed by atoms with van der Waals surface area (Å²) in [5, 5.41) is 10.5. The number of fused-ring (bicyclic) bond motifs is 1. The molecule has 0 aliphatic carbocycles. The number of benzene rings is 2. The molecule has 2 aromatic carbocycles. The molecule has 3 atom stereocenters. The van der Waals surface area contributed by atoms with Gasteiger partial charge in [0.25, 0.3) is 0 Å². The number of carboxylic acid groups (broad SMARTS) is 1. The summed E-state index contributed by atoms with van der Waals surface area (Å²) in [6, 6.07) is 12.5. The Kier molecular flexibility index (Phi) is 8.92. The van der Waals surface area contributed by atoms with Crippen molar-refractivity contribution in [1.29, 1.82) is 0 Å². The Labute approximate surface area is 223 Å². The monoisotopic (exact) mass is 544 g/mol. The standard InChI is InChI=1S/C29H28F4N2O4/c1-38-21-9-11-26-23(17-21)22(12-14-34-26)25(30)10-8-19-13-16-35(18-24(19)28(36)37)15-4-6-20-5-2-3-7-27(20)39-29(31,32)33/h2-3,5,7,9,11-12,14,17,19,24-25H,8,10,13,15-16,18H2,1H3,(H,36,37)/t19-,24+,25?/m1/s1. The van der Waals surface area contributed by atoms with Crippen molar-refractivity contribution in [3.05, 3.63) is 65.9 Å². The molecule has 2 heterocycles. The van der Waals surface area contributed by atoms with E-state index in [1.807, 2.05) is 4.90 Å². The van der Waals surface area contributed by atoms with Crippen LogP contribution in [-0.4, -0.2) is 54.1 Å². The van der Waals surface area contributed by atoms with Crippen LogP contribution in [0.3, 0.4) is 0 Å². The van der Waals surface area contributed by atoms with Crippen molar-refractivity contribution in [2.45, 2.75) is 31.8 Å². The van der Waals surface area contributed by atoms with Crippen LogP contribution in [0.25, 0.3) is 10.9 Å². The lowest BCUT2D eigenvalue weighted by atomic mass is 9.81. The number of pyridine rings is 1. The molecule has 39 heavy (non-hydrogen) atoms. The number of ether oxygens (including phenoxy) is 2. The highest BCUT2D eigenvalue weighted by Crippen LogP contribution is 2.35. The molecule has 1 aliphatic rings. The minimum atomic E-state index is -4.83. The second-order valence-electron chi connectivity index (χ2n) is 9.40. The summed E-state index contributed by atoms with van der Waals surface area (Å²) in [7, 11) is 1.54. The number of hydrogen-bond donors (Lipinski definition) is 1. The molecule has 1 aliphatic heterocycles.